The van der Waals surface area contributed by atoms with E-state index in [9.17, 15) is 4.79 Å². The van der Waals surface area contributed by atoms with Gasteiger partial charge in [0, 0.05) is 19.0 Å². The highest BCUT2D eigenvalue weighted by Crippen LogP contribution is 2.42. The average molecular weight is 306 g/mol. The fourth-order valence-corrected chi connectivity index (χ4v) is 3.17. The van der Waals surface area contributed by atoms with Crippen LogP contribution in [0.25, 0.3) is 0 Å². The van der Waals surface area contributed by atoms with Gasteiger partial charge in [-0.3, -0.25) is 9.80 Å². The van der Waals surface area contributed by atoms with Crippen LogP contribution in [0, 0.1) is 11.8 Å². The van der Waals surface area contributed by atoms with Crippen LogP contribution in [0.4, 0.5) is 0 Å². The number of allylic oxidation sites excluding steroid dienone is 3. The molecule has 0 aliphatic heterocycles. The molecule has 1 amide bonds. The maximum absolute atomic E-state index is 12.3. The second kappa shape index (κ2) is 7.95. The van der Waals surface area contributed by atoms with Gasteiger partial charge < -0.3 is 16.5 Å². The minimum absolute atomic E-state index is 0.0695. The van der Waals surface area contributed by atoms with Gasteiger partial charge in [-0.1, -0.05) is 18.6 Å². The van der Waals surface area contributed by atoms with Crippen molar-refractivity contribution in [3.8, 4) is 0 Å². The molecule has 7 heteroatoms. The smallest absolute Gasteiger partial charge is 0.223 e. The summed E-state index contributed by atoms with van der Waals surface area (Å²) in [6.45, 7) is 4.47. The van der Waals surface area contributed by atoms with Gasteiger partial charge in [0.05, 0.1) is 5.70 Å². The van der Waals surface area contributed by atoms with Gasteiger partial charge in [0.1, 0.15) is 6.34 Å². The SMILES string of the molecule is CCNCCNC(=O)C1CCC2=CC(N(N)/C=N\N)=CCC21. The standard InChI is InChI=1S/C15H26N6O/c1-2-18-7-8-19-15(22)14-5-3-11-9-12(4-6-13(11)14)21(17)10-20-16/h4,9-10,13-14,18H,2-3,5-8,16-17H2,1H3,(H,19,22)/b20-10-. The summed E-state index contributed by atoms with van der Waals surface area (Å²) in [6.07, 6.45) is 8.16. The summed E-state index contributed by atoms with van der Waals surface area (Å²) in [7, 11) is 0. The van der Waals surface area contributed by atoms with Gasteiger partial charge >= 0.3 is 0 Å². The van der Waals surface area contributed by atoms with Crippen molar-refractivity contribution in [1.82, 2.24) is 15.6 Å². The fourth-order valence-electron chi connectivity index (χ4n) is 3.17. The first-order valence-electron chi connectivity index (χ1n) is 7.83. The van der Waals surface area contributed by atoms with Crippen LogP contribution < -0.4 is 22.3 Å². The zero-order valence-electron chi connectivity index (χ0n) is 13.1. The van der Waals surface area contributed by atoms with Gasteiger partial charge in [-0.25, -0.2) is 5.84 Å². The number of nitrogens with two attached hydrogens (primary N) is 2. The van der Waals surface area contributed by atoms with Crippen LogP contribution in [0.5, 0.6) is 0 Å². The fraction of sp³-hybridized carbons (Fsp3) is 0.600. The number of hydrogen-bond acceptors (Lipinski definition) is 5. The number of carbonyl (C=O) groups excluding carboxylic acids is 1. The number of fused-ring (bicyclic) bond motifs is 1. The van der Waals surface area contributed by atoms with Gasteiger partial charge in [0.15, 0.2) is 0 Å². The van der Waals surface area contributed by atoms with E-state index in [4.69, 9.17) is 11.7 Å². The van der Waals surface area contributed by atoms with Crippen molar-refractivity contribution in [2.24, 2.45) is 28.6 Å². The molecule has 0 aromatic heterocycles. The summed E-state index contributed by atoms with van der Waals surface area (Å²) >= 11 is 0. The molecule has 0 heterocycles. The normalized spacial score (nSPS) is 23.9. The number of amides is 1. The molecule has 22 heavy (non-hydrogen) atoms. The number of nitrogens with one attached hydrogen (secondary N) is 2. The lowest BCUT2D eigenvalue weighted by molar-refractivity contribution is -0.125. The molecule has 0 aromatic rings. The lowest BCUT2D eigenvalue weighted by Gasteiger charge is -2.25. The highest BCUT2D eigenvalue weighted by Gasteiger charge is 2.37. The number of hydrogen-bond donors (Lipinski definition) is 4. The lowest BCUT2D eigenvalue weighted by Crippen LogP contribution is -2.37. The molecule has 0 bridgehead atoms. The van der Waals surface area contributed by atoms with E-state index in [2.05, 4.69) is 28.7 Å². The second-order valence-corrected chi connectivity index (χ2v) is 5.65. The van der Waals surface area contributed by atoms with Crippen molar-refractivity contribution in [3.05, 3.63) is 23.4 Å². The third kappa shape index (κ3) is 3.86. The minimum atomic E-state index is 0.0695. The Morgan fingerprint density at radius 2 is 2.36 bits per heavy atom. The first kappa shape index (κ1) is 16.5. The predicted molar refractivity (Wildman–Crippen MR) is 87.3 cm³/mol. The molecule has 2 aliphatic carbocycles. The van der Waals surface area contributed by atoms with Crippen molar-refractivity contribution in [2.45, 2.75) is 26.2 Å². The van der Waals surface area contributed by atoms with Crippen LogP contribution >= 0.6 is 0 Å². The molecule has 2 aliphatic rings. The summed E-state index contributed by atoms with van der Waals surface area (Å²) < 4.78 is 0. The number of nitrogens with zero attached hydrogens (tertiary/aromatic N) is 2. The van der Waals surface area contributed by atoms with Crippen molar-refractivity contribution in [1.29, 1.82) is 0 Å². The molecule has 1 saturated carbocycles. The van der Waals surface area contributed by atoms with E-state index in [0.29, 0.717) is 12.5 Å². The molecule has 0 spiro atoms. The van der Waals surface area contributed by atoms with Crippen LogP contribution in [0.3, 0.4) is 0 Å². The summed E-state index contributed by atoms with van der Waals surface area (Å²) in [5.74, 6) is 11.5. The van der Waals surface area contributed by atoms with Crippen molar-refractivity contribution in [2.75, 3.05) is 19.6 Å². The van der Waals surface area contributed by atoms with E-state index < -0.39 is 0 Å². The van der Waals surface area contributed by atoms with Crippen LogP contribution in [-0.2, 0) is 4.79 Å². The lowest BCUT2D eigenvalue weighted by atomic mass is 9.86. The minimum Gasteiger partial charge on any atom is -0.355 e. The molecule has 2 rings (SSSR count). The summed E-state index contributed by atoms with van der Waals surface area (Å²) in [4.78, 5) is 12.3. The first-order chi connectivity index (χ1) is 10.7. The van der Waals surface area contributed by atoms with Crippen LogP contribution in [-0.4, -0.2) is 36.9 Å². The summed E-state index contributed by atoms with van der Waals surface area (Å²) in [6, 6.07) is 0. The third-order valence-electron chi connectivity index (χ3n) is 4.30. The van der Waals surface area contributed by atoms with Crippen LogP contribution in [0.15, 0.2) is 28.5 Å². The number of hydrazone groups is 1. The molecule has 6 N–H and O–H groups in total. The molecule has 2 atom stereocenters. The van der Waals surface area contributed by atoms with E-state index in [-0.39, 0.29) is 11.8 Å². The van der Waals surface area contributed by atoms with Gasteiger partial charge in [-0.2, -0.15) is 5.10 Å². The van der Waals surface area contributed by atoms with E-state index in [1.165, 1.54) is 16.9 Å². The quantitative estimate of drug-likeness (QED) is 0.174. The highest BCUT2D eigenvalue weighted by molar-refractivity contribution is 5.80. The Hall–Kier alpha value is -1.86. The zero-order chi connectivity index (χ0) is 15.9. The van der Waals surface area contributed by atoms with E-state index in [1.54, 1.807) is 0 Å². The van der Waals surface area contributed by atoms with Gasteiger partial charge in [-0.15, -0.1) is 0 Å². The van der Waals surface area contributed by atoms with Gasteiger partial charge in [-0.05, 0) is 37.8 Å². The maximum Gasteiger partial charge on any atom is 0.223 e. The number of likely N-dealkylation sites (N-methyl/N-ethyl adjacent to an activating group) is 1. The maximum atomic E-state index is 12.3. The van der Waals surface area contributed by atoms with E-state index in [1.807, 2.05) is 6.08 Å². The Bertz CT molecular complexity index is 484. The molecule has 122 valence electrons. The predicted octanol–water partition coefficient (Wildman–Crippen LogP) is 0.0300. The van der Waals surface area contributed by atoms with Crippen LogP contribution in [0.2, 0.25) is 0 Å². The number of carbonyl (C=O) groups is 1. The summed E-state index contributed by atoms with van der Waals surface area (Å²) in [5.41, 5.74) is 2.18. The molecular formula is C15H26N6O. The topological polar surface area (TPSA) is 109 Å². The van der Waals surface area contributed by atoms with E-state index in [0.717, 1.165) is 38.0 Å². The Labute approximate surface area is 131 Å². The Balaban J connectivity index is 1.91. The largest absolute Gasteiger partial charge is 0.355 e. The molecule has 7 nitrogen and oxygen atoms in total. The Kier molecular flexibility index (Phi) is 5.97. The van der Waals surface area contributed by atoms with Gasteiger partial charge in [0.2, 0.25) is 5.91 Å². The van der Waals surface area contributed by atoms with E-state index >= 15 is 0 Å². The Morgan fingerprint density at radius 1 is 1.55 bits per heavy atom. The molecule has 0 saturated heterocycles. The second-order valence-electron chi connectivity index (χ2n) is 5.65. The van der Waals surface area contributed by atoms with Gasteiger partial charge in [0.25, 0.3) is 0 Å². The van der Waals surface area contributed by atoms with Crippen molar-refractivity contribution in [3.63, 3.8) is 0 Å². The van der Waals surface area contributed by atoms with Crippen molar-refractivity contribution < 1.29 is 4.79 Å². The Morgan fingerprint density at radius 3 is 3.09 bits per heavy atom. The molecule has 0 radical (unpaired) electrons. The van der Waals surface area contributed by atoms with Crippen LogP contribution in [0.1, 0.15) is 26.2 Å². The number of rotatable bonds is 7. The monoisotopic (exact) mass is 306 g/mol. The molecule has 1 fully saturated rings. The third-order valence-corrected chi connectivity index (χ3v) is 4.30. The molecule has 2 unspecified atom stereocenters. The van der Waals surface area contributed by atoms with Crippen molar-refractivity contribution >= 4 is 12.2 Å². The highest BCUT2D eigenvalue weighted by atomic mass is 16.1. The zero-order valence-corrected chi connectivity index (χ0v) is 13.1. The molecule has 0 aromatic carbocycles. The summed E-state index contributed by atoms with van der Waals surface area (Å²) in [5, 5.41) is 11.1. The number of hydrazine groups is 1. The average Bonchev–Trinajstić information content (AvgIpc) is 2.94. The first-order valence-corrected chi connectivity index (χ1v) is 7.83. The molecular weight excluding hydrogens is 280 g/mol.